The largest absolute Gasteiger partial charge is 0.478 e. The Balaban J connectivity index is 0.000000204. The van der Waals surface area contributed by atoms with Crippen LogP contribution >= 0.6 is 11.6 Å². The third-order valence-electron chi connectivity index (χ3n) is 2.22. The van der Waals surface area contributed by atoms with Crippen molar-refractivity contribution >= 4 is 28.9 Å². The number of benzene rings is 2. The molecule has 0 aliphatic carbocycles. The van der Waals surface area contributed by atoms with E-state index in [0.29, 0.717) is 5.56 Å². The molecule has 2 aromatic carbocycles. The molecule has 4 heteroatoms. The summed E-state index contributed by atoms with van der Waals surface area (Å²) >= 11 is 5.16. The molecular formula is C16H13ClO3. The number of hydrogen-bond acceptors (Lipinski definition) is 2. The van der Waals surface area contributed by atoms with E-state index >= 15 is 0 Å². The zero-order chi connectivity index (χ0) is 14.8. The fourth-order valence-electron chi connectivity index (χ4n) is 1.30. The Morgan fingerprint density at radius 3 is 1.80 bits per heavy atom. The predicted octanol–water partition coefficient (Wildman–Crippen LogP) is 3.85. The summed E-state index contributed by atoms with van der Waals surface area (Å²) < 4.78 is 0. The van der Waals surface area contributed by atoms with Crippen LogP contribution in [0.2, 0.25) is 0 Å². The lowest BCUT2D eigenvalue weighted by Crippen LogP contribution is -1.85. The standard InChI is InChI=1S/C9H8O2.C7H5ClO/c10-9(11)7-6-8-4-2-1-3-5-8;8-7(9)6-4-2-1-3-5-6/h1-7H,(H,10,11);1-5H. The van der Waals surface area contributed by atoms with Crippen LogP contribution < -0.4 is 0 Å². The van der Waals surface area contributed by atoms with E-state index in [4.69, 9.17) is 16.7 Å². The topological polar surface area (TPSA) is 54.4 Å². The van der Waals surface area contributed by atoms with Gasteiger partial charge < -0.3 is 5.11 Å². The SMILES string of the molecule is O=C(Cl)c1ccccc1.O=C(O)C=Cc1ccccc1. The lowest BCUT2D eigenvalue weighted by atomic mass is 10.2. The Labute approximate surface area is 122 Å². The molecule has 0 unspecified atom stereocenters. The highest BCUT2D eigenvalue weighted by atomic mass is 35.5. The van der Waals surface area contributed by atoms with Crippen molar-refractivity contribution in [2.75, 3.05) is 0 Å². The Hall–Kier alpha value is -2.39. The van der Waals surface area contributed by atoms with E-state index in [-0.39, 0.29) is 0 Å². The average molecular weight is 289 g/mol. The Morgan fingerprint density at radius 1 is 0.900 bits per heavy atom. The maximum absolute atomic E-state index is 10.4. The van der Waals surface area contributed by atoms with E-state index in [1.54, 1.807) is 30.3 Å². The molecule has 0 aliphatic heterocycles. The molecule has 1 N–H and O–H groups in total. The van der Waals surface area contributed by atoms with E-state index < -0.39 is 11.2 Å². The molecule has 2 rings (SSSR count). The molecule has 20 heavy (non-hydrogen) atoms. The van der Waals surface area contributed by atoms with Gasteiger partial charge in [-0.25, -0.2) is 4.79 Å². The number of carboxylic acid groups (broad SMARTS) is 1. The number of carbonyl (C=O) groups excluding carboxylic acids is 1. The molecule has 102 valence electrons. The predicted molar refractivity (Wildman–Crippen MR) is 79.7 cm³/mol. The molecule has 2 aromatic rings. The monoisotopic (exact) mass is 288 g/mol. The maximum Gasteiger partial charge on any atom is 0.328 e. The maximum atomic E-state index is 10.4. The van der Waals surface area contributed by atoms with Crippen molar-refractivity contribution in [1.82, 2.24) is 0 Å². The highest BCUT2D eigenvalue weighted by molar-refractivity contribution is 6.67. The molecule has 0 amide bonds. The van der Waals surface area contributed by atoms with Gasteiger partial charge in [0.05, 0.1) is 0 Å². The summed E-state index contributed by atoms with van der Waals surface area (Å²) in [5.41, 5.74) is 1.44. The minimum absolute atomic E-state index is 0.407. The zero-order valence-electron chi connectivity index (χ0n) is 10.6. The van der Waals surface area contributed by atoms with Gasteiger partial charge in [-0.3, -0.25) is 4.79 Å². The first kappa shape index (κ1) is 15.7. The van der Waals surface area contributed by atoms with Gasteiger partial charge in [-0.1, -0.05) is 60.7 Å². The number of rotatable bonds is 3. The van der Waals surface area contributed by atoms with Crippen molar-refractivity contribution in [3.8, 4) is 0 Å². The van der Waals surface area contributed by atoms with Gasteiger partial charge in [0.25, 0.3) is 5.24 Å². The molecule has 0 saturated carbocycles. The number of carboxylic acids is 1. The van der Waals surface area contributed by atoms with Crippen LogP contribution in [0.3, 0.4) is 0 Å². The quantitative estimate of drug-likeness (QED) is 0.689. The van der Waals surface area contributed by atoms with Crippen LogP contribution in [-0.2, 0) is 4.79 Å². The van der Waals surface area contributed by atoms with E-state index in [2.05, 4.69) is 0 Å². The summed E-state index contributed by atoms with van der Waals surface area (Å²) in [6, 6.07) is 18.0. The summed E-state index contributed by atoms with van der Waals surface area (Å²) in [6.07, 6.45) is 2.68. The van der Waals surface area contributed by atoms with Gasteiger partial charge in [0.1, 0.15) is 0 Å². The molecular weight excluding hydrogens is 276 g/mol. The van der Waals surface area contributed by atoms with Gasteiger partial charge in [0, 0.05) is 11.6 Å². The smallest absolute Gasteiger partial charge is 0.328 e. The van der Waals surface area contributed by atoms with Crippen molar-refractivity contribution < 1.29 is 14.7 Å². The minimum atomic E-state index is -0.922. The minimum Gasteiger partial charge on any atom is -0.478 e. The van der Waals surface area contributed by atoms with Crippen LogP contribution in [0.15, 0.2) is 66.7 Å². The summed E-state index contributed by atoms with van der Waals surface area (Å²) in [6.45, 7) is 0. The zero-order valence-corrected chi connectivity index (χ0v) is 11.3. The average Bonchev–Trinajstić information content (AvgIpc) is 2.48. The summed E-state index contributed by atoms with van der Waals surface area (Å²) in [4.78, 5) is 20.5. The number of hydrogen-bond donors (Lipinski definition) is 1. The first-order valence-electron chi connectivity index (χ1n) is 5.80. The second-order valence-electron chi connectivity index (χ2n) is 3.72. The molecule has 0 radical (unpaired) electrons. The van der Waals surface area contributed by atoms with Crippen LogP contribution in [0, 0.1) is 0 Å². The van der Waals surface area contributed by atoms with Crippen LogP contribution in [0.1, 0.15) is 15.9 Å². The van der Waals surface area contributed by atoms with Gasteiger partial charge in [0.2, 0.25) is 0 Å². The van der Waals surface area contributed by atoms with Crippen molar-refractivity contribution in [3.63, 3.8) is 0 Å². The van der Waals surface area contributed by atoms with Gasteiger partial charge >= 0.3 is 5.97 Å². The van der Waals surface area contributed by atoms with Gasteiger partial charge in [-0.2, -0.15) is 0 Å². The fraction of sp³-hybridized carbons (Fsp3) is 0. The van der Waals surface area contributed by atoms with Crippen molar-refractivity contribution in [1.29, 1.82) is 0 Å². The van der Waals surface area contributed by atoms with Crippen molar-refractivity contribution in [3.05, 3.63) is 77.9 Å². The molecule has 3 nitrogen and oxygen atoms in total. The Kier molecular flexibility index (Phi) is 6.79. The molecule has 0 saturated heterocycles. The lowest BCUT2D eigenvalue weighted by Gasteiger charge is -1.87. The highest BCUT2D eigenvalue weighted by Gasteiger charge is 1.95. The van der Waals surface area contributed by atoms with Gasteiger partial charge in [-0.15, -0.1) is 0 Å². The third-order valence-corrected chi connectivity index (χ3v) is 2.44. The summed E-state index contributed by atoms with van der Waals surface area (Å²) in [7, 11) is 0. The molecule has 0 bridgehead atoms. The Morgan fingerprint density at radius 2 is 1.40 bits per heavy atom. The van der Waals surface area contributed by atoms with Crippen LogP contribution in [0.4, 0.5) is 0 Å². The molecule has 0 heterocycles. The van der Waals surface area contributed by atoms with Crippen molar-refractivity contribution in [2.24, 2.45) is 0 Å². The molecule has 0 aromatic heterocycles. The molecule has 0 atom stereocenters. The van der Waals surface area contributed by atoms with Crippen molar-refractivity contribution in [2.45, 2.75) is 0 Å². The first-order chi connectivity index (χ1) is 9.59. The van der Waals surface area contributed by atoms with E-state index in [1.165, 1.54) is 0 Å². The van der Waals surface area contributed by atoms with E-state index in [0.717, 1.165) is 11.6 Å². The third kappa shape index (κ3) is 6.52. The summed E-state index contributed by atoms with van der Waals surface area (Å²) in [5.74, 6) is -0.922. The van der Waals surface area contributed by atoms with E-state index in [1.807, 2.05) is 36.4 Å². The van der Waals surface area contributed by atoms with Gasteiger partial charge in [-0.05, 0) is 23.2 Å². The second-order valence-corrected chi connectivity index (χ2v) is 4.07. The number of aliphatic carboxylic acids is 1. The first-order valence-corrected chi connectivity index (χ1v) is 6.18. The van der Waals surface area contributed by atoms with E-state index in [9.17, 15) is 9.59 Å². The molecule has 0 aliphatic rings. The summed E-state index contributed by atoms with van der Waals surface area (Å²) in [5, 5.41) is 7.88. The van der Waals surface area contributed by atoms with Crippen LogP contribution in [-0.4, -0.2) is 16.3 Å². The molecule has 0 spiro atoms. The van der Waals surface area contributed by atoms with Gasteiger partial charge in [0.15, 0.2) is 0 Å². The normalized spacial score (nSPS) is 9.65. The number of carbonyl (C=O) groups is 2. The molecule has 0 fully saturated rings. The van der Waals surface area contributed by atoms with Crippen LogP contribution in [0.5, 0.6) is 0 Å². The second kappa shape index (κ2) is 8.67. The lowest BCUT2D eigenvalue weighted by molar-refractivity contribution is -0.131. The highest BCUT2D eigenvalue weighted by Crippen LogP contribution is 2.01. The number of halogens is 1. The Bertz CT molecular complexity index is 577. The van der Waals surface area contributed by atoms with Crippen LogP contribution in [0.25, 0.3) is 6.08 Å². The fourth-order valence-corrected chi connectivity index (χ4v) is 1.43.